The maximum Gasteiger partial charge on any atom is 0.0484 e. The minimum Gasteiger partial charge on any atom is -0.261 e. The fourth-order valence-electron chi connectivity index (χ4n) is 1.73. The first-order valence-corrected chi connectivity index (χ1v) is 5.10. The summed E-state index contributed by atoms with van der Waals surface area (Å²) in [6.45, 7) is 4.45. The monoisotopic (exact) mass is 185 g/mol. The summed E-state index contributed by atoms with van der Waals surface area (Å²) < 4.78 is 0. The second-order valence-corrected chi connectivity index (χ2v) is 4.08. The zero-order chi connectivity index (χ0) is 9.97. The average Bonchev–Trinajstić information content (AvgIpc) is 2.18. The van der Waals surface area contributed by atoms with Crippen LogP contribution in [0.15, 0.2) is 36.5 Å². The van der Waals surface area contributed by atoms with Gasteiger partial charge in [-0.25, -0.2) is 0 Å². The van der Waals surface area contributed by atoms with Crippen LogP contribution in [0.4, 0.5) is 0 Å². The quantitative estimate of drug-likeness (QED) is 0.698. The highest BCUT2D eigenvalue weighted by atomic mass is 14.7. The molecule has 0 aliphatic rings. The lowest BCUT2D eigenvalue weighted by atomic mass is 10.0. The molecule has 1 nitrogen and oxygen atoms in total. The Morgan fingerprint density at radius 2 is 1.93 bits per heavy atom. The van der Waals surface area contributed by atoms with Gasteiger partial charge in [-0.15, -0.1) is 0 Å². The molecule has 0 saturated carbocycles. The summed E-state index contributed by atoms with van der Waals surface area (Å²) in [5.74, 6) is 0.660. The zero-order valence-corrected chi connectivity index (χ0v) is 8.70. The van der Waals surface area contributed by atoms with E-state index in [-0.39, 0.29) is 0 Å². The highest BCUT2D eigenvalue weighted by molar-refractivity contribution is 5.84. The standard InChI is InChI=1S/C13H15N/c1-10(2)9-13-12-6-4-3-5-11(12)7-8-14-13/h3-8,10H,9H2,1-2H3. The first-order valence-electron chi connectivity index (χ1n) is 5.10. The molecule has 72 valence electrons. The van der Waals surface area contributed by atoms with E-state index < -0.39 is 0 Å². The third kappa shape index (κ3) is 1.77. The summed E-state index contributed by atoms with van der Waals surface area (Å²) in [7, 11) is 0. The number of hydrogen-bond donors (Lipinski definition) is 0. The van der Waals surface area contributed by atoms with Crippen molar-refractivity contribution in [2.24, 2.45) is 5.92 Å². The lowest BCUT2D eigenvalue weighted by Gasteiger charge is -2.07. The van der Waals surface area contributed by atoms with Gasteiger partial charge in [0.05, 0.1) is 0 Å². The average molecular weight is 185 g/mol. The van der Waals surface area contributed by atoms with Gasteiger partial charge in [0.1, 0.15) is 0 Å². The second kappa shape index (κ2) is 3.79. The Morgan fingerprint density at radius 3 is 2.71 bits per heavy atom. The van der Waals surface area contributed by atoms with Crippen molar-refractivity contribution in [1.82, 2.24) is 4.98 Å². The number of fused-ring (bicyclic) bond motifs is 1. The van der Waals surface area contributed by atoms with Crippen LogP contribution in [0.25, 0.3) is 10.8 Å². The van der Waals surface area contributed by atoms with E-state index in [9.17, 15) is 0 Å². The molecule has 0 bridgehead atoms. The predicted molar refractivity (Wildman–Crippen MR) is 60.3 cm³/mol. The van der Waals surface area contributed by atoms with Crippen LogP contribution in [0.2, 0.25) is 0 Å². The van der Waals surface area contributed by atoms with Crippen LogP contribution in [-0.4, -0.2) is 4.98 Å². The SMILES string of the molecule is CC(C)Cc1nccc2ccccc12. The lowest BCUT2D eigenvalue weighted by molar-refractivity contribution is 0.639. The first-order chi connectivity index (χ1) is 6.77. The molecule has 0 spiro atoms. The molecule has 0 aliphatic heterocycles. The number of nitrogens with zero attached hydrogens (tertiary/aromatic N) is 1. The molecule has 1 heterocycles. The number of benzene rings is 1. The Labute approximate surface area is 84.8 Å². The molecule has 0 aliphatic carbocycles. The Balaban J connectivity index is 2.53. The van der Waals surface area contributed by atoms with E-state index >= 15 is 0 Å². The van der Waals surface area contributed by atoms with Crippen molar-refractivity contribution in [2.75, 3.05) is 0 Å². The maximum atomic E-state index is 4.45. The summed E-state index contributed by atoms with van der Waals surface area (Å²) in [6.07, 6.45) is 2.96. The van der Waals surface area contributed by atoms with Crippen molar-refractivity contribution >= 4 is 10.8 Å². The molecule has 1 aromatic heterocycles. The van der Waals surface area contributed by atoms with E-state index in [2.05, 4.69) is 49.2 Å². The van der Waals surface area contributed by atoms with Crippen molar-refractivity contribution in [3.8, 4) is 0 Å². The van der Waals surface area contributed by atoms with Gasteiger partial charge in [0.25, 0.3) is 0 Å². The molecule has 1 aromatic carbocycles. The van der Waals surface area contributed by atoms with Crippen LogP contribution in [0.1, 0.15) is 19.5 Å². The van der Waals surface area contributed by atoms with Crippen molar-refractivity contribution in [3.05, 3.63) is 42.2 Å². The van der Waals surface area contributed by atoms with E-state index in [1.165, 1.54) is 16.5 Å². The van der Waals surface area contributed by atoms with Crippen LogP contribution >= 0.6 is 0 Å². The fraction of sp³-hybridized carbons (Fsp3) is 0.308. The Hall–Kier alpha value is -1.37. The van der Waals surface area contributed by atoms with Gasteiger partial charge in [-0.3, -0.25) is 4.98 Å². The summed E-state index contributed by atoms with van der Waals surface area (Å²) in [5.41, 5.74) is 1.22. The van der Waals surface area contributed by atoms with Crippen molar-refractivity contribution in [3.63, 3.8) is 0 Å². The summed E-state index contributed by atoms with van der Waals surface area (Å²) in [5, 5.41) is 2.59. The van der Waals surface area contributed by atoms with Crippen LogP contribution in [0.5, 0.6) is 0 Å². The van der Waals surface area contributed by atoms with E-state index in [1.807, 2.05) is 6.20 Å². The molecule has 2 aromatic rings. The summed E-state index contributed by atoms with van der Waals surface area (Å²) >= 11 is 0. The van der Waals surface area contributed by atoms with Gasteiger partial charge in [0.2, 0.25) is 0 Å². The molecule has 0 radical (unpaired) electrons. The van der Waals surface area contributed by atoms with Crippen LogP contribution < -0.4 is 0 Å². The molecule has 0 atom stereocenters. The molecule has 14 heavy (non-hydrogen) atoms. The molecule has 2 rings (SSSR count). The van der Waals surface area contributed by atoms with Crippen LogP contribution in [-0.2, 0) is 6.42 Å². The summed E-state index contributed by atoms with van der Waals surface area (Å²) in [6, 6.07) is 10.5. The van der Waals surface area contributed by atoms with Gasteiger partial charge < -0.3 is 0 Å². The largest absolute Gasteiger partial charge is 0.261 e. The first kappa shape index (κ1) is 9.20. The van der Waals surface area contributed by atoms with Gasteiger partial charge >= 0.3 is 0 Å². The third-order valence-corrected chi connectivity index (χ3v) is 2.36. The normalized spacial score (nSPS) is 11.1. The molecule has 0 amide bonds. The molecule has 0 fully saturated rings. The van der Waals surface area contributed by atoms with E-state index in [1.54, 1.807) is 0 Å². The molecular weight excluding hydrogens is 170 g/mol. The zero-order valence-electron chi connectivity index (χ0n) is 8.70. The molecule has 0 N–H and O–H groups in total. The smallest absolute Gasteiger partial charge is 0.0484 e. The van der Waals surface area contributed by atoms with Gasteiger partial charge in [0.15, 0.2) is 0 Å². The highest BCUT2D eigenvalue weighted by Gasteiger charge is 2.03. The lowest BCUT2D eigenvalue weighted by Crippen LogP contribution is -1.97. The van der Waals surface area contributed by atoms with Gasteiger partial charge in [-0.2, -0.15) is 0 Å². The maximum absolute atomic E-state index is 4.45. The number of rotatable bonds is 2. The van der Waals surface area contributed by atoms with E-state index in [0.29, 0.717) is 5.92 Å². The van der Waals surface area contributed by atoms with Crippen LogP contribution in [0.3, 0.4) is 0 Å². The van der Waals surface area contributed by atoms with Gasteiger partial charge in [-0.05, 0) is 23.8 Å². The van der Waals surface area contributed by atoms with Crippen molar-refractivity contribution < 1.29 is 0 Å². The van der Waals surface area contributed by atoms with Gasteiger partial charge in [-0.1, -0.05) is 38.1 Å². The Bertz CT molecular complexity index is 427. The Morgan fingerprint density at radius 1 is 1.14 bits per heavy atom. The molecular formula is C13H15N. The van der Waals surface area contributed by atoms with Crippen molar-refractivity contribution in [1.29, 1.82) is 0 Å². The number of aromatic nitrogens is 1. The highest BCUT2D eigenvalue weighted by Crippen LogP contribution is 2.18. The van der Waals surface area contributed by atoms with Crippen LogP contribution in [0, 0.1) is 5.92 Å². The minimum atomic E-state index is 0.660. The predicted octanol–water partition coefficient (Wildman–Crippen LogP) is 3.43. The third-order valence-electron chi connectivity index (χ3n) is 2.36. The van der Waals surface area contributed by atoms with E-state index in [4.69, 9.17) is 0 Å². The number of pyridine rings is 1. The Kier molecular flexibility index (Phi) is 2.49. The van der Waals surface area contributed by atoms with Gasteiger partial charge in [0, 0.05) is 17.3 Å². The molecule has 1 heteroatoms. The molecule has 0 saturated heterocycles. The topological polar surface area (TPSA) is 12.9 Å². The minimum absolute atomic E-state index is 0.660. The van der Waals surface area contributed by atoms with Crippen molar-refractivity contribution in [2.45, 2.75) is 20.3 Å². The second-order valence-electron chi connectivity index (χ2n) is 4.08. The summed E-state index contributed by atoms with van der Waals surface area (Å²) in [4.78, 5) is 4.45. The molecule has 0 unspecified atom stereocenters. The van der Waals surface area contributed by atoms with E-state index in [0.717, 1.165) is 6.42 Å². The fourth-order valence-corrected chi connectivity index (χ4v) is 1.73. The number of hydrogen-bond acceptors (Lipinski definition) is 1.